The van der Waals surface area contributed by atoms with Crippen LogP contribution in [0, 0.1) is 0 Å². The maximum Gasteiger partial charge on any atom is 0.338 e. The lowest BCUT2D eigenvalue weighted by Crippen LogP contribution is -2.35. The smallest absolute Gasteiger partial charge is 0.338 e. The highest BCUT2D eigenvalue weighted by atomic mass is 79.9. The summed E-state index contributed by atoms with van der Waals surface area (Å²) < 4.78 is 5.81. The van der Waals surface area contributed by atoms with Gasteiger partial charge in [-0.3, -0.25) is 14.6 Å². The van der Waals surface area contributed by atoms with Crippen LogP contribution in [0.4, 0.5) is 17.1 Å². The zero-order chi connectivity index (χ0) is 27.4. The van der Waals surface area contributed by atoms with Crippen LogP contribution in [0.5, 0.6) is 0 Å². The number of nitrogens with one attached hydrogen (secondary N) is 1. The van der Waals surface area contributed by atoms with Crippen LogP contribution in [0.2, 0.25) is 0 Å². The maximum absolute atomic E-state index is 13.3. The Balaban J connectivity index is 1.74. The van der Waals surface area contributed by atoms with E-state index >= 15 is 0 Å². The van der Waals surface area contributed by atoms with Crippen LogP contribution in [0.25, 0.3) is 0 Å². The Labute approximate surface area is 230 Å². The third kappa shape index (κ3) is 5.84. The van der Waals surface area contributed by atoms with Crippen molar-refractivity contribution >= 4 is 56.5 Å². The number of hydrogen-bond acceptors (Lipinski definition) is 6. The van der Waals surface area contributed by atoms with E-state index in [1.165, 1.54) is 0 Å². The molecular formula is C29H29BrN4O4. The molecule has 8 nitrogen and oxygen atoms in total. The van der Waals surface area contributed by atoms with Crippen LogP contribution in [-0.2, 0) is 14.3 Å². The topological polar surface area (TPSA) is 91.3 Å². The number of ether oxygens (including phenoxy) is 1. The Kier molecular flexibility index (Phi) is 8.38. The Morgan fingerprint density at radius 2 is 1.74 bits per heavy atom. The first-order valence-electron chi connectivity index (χ1n) is 12.2. The van der Waals surface area contributed by atoms with Crippen molar-refractivity contribution in [3.63, 3.8) is 0 Å². The summed E-state index contributed by atoms with van der Waals surface area (Å²) in [4.78, 5) is 46.3. The number of carbonyl (C=O) groups is 3. The fourth-order valence-electron chi connectivity index (χ4n) is 4.27. The molecule has 1 aliphatic heterocycles. The highest BCUT2D eigenvalue weighted by Crippen LogP contribution is 2.38. The van der Waals surface area contributed by atoms with E-state index in [2.05, 4.69) is 21.2 Å². The average Bonchev–Trinajstić information content (AvgIpc) is 3.21. The number of likely N-dealkylation sites (N-methyl/N-ethyl adjacent to an activating group) is 2. The van der Waals surface area contributed by atoms with Gasteiger partial charge in [0, 0.05) is 17.2 Å². The second kappa shape index (κ2) is 11.7. The summed E-state index contributed by atoms with van der Waals surface area (Å²) in [6.45, 7) is 2.30. The van der Waals surface area contributed by atoms with Crippen LogP contribution in [0.1, 0.15) is 34.3 Å². The molecule has 0 saturated heterocycles. The maximum atomic E-state index is 13.3. The molecule has 0 aliphatic carbocycles. The van der Waals surface area contributed by atoms with Gasteiger partial charge < -0.3 is 19.9 Å². The minimum absolute atomic E-state index is 0.0432. The summed E-state index contributed by atoms with van der Waals surface area (Å²) >= 11 is 3.58. The van der Waals surface area contributed by atoms with Gasteiger partial charge in [0.1, 0.15) is 5.92 Å². The lowest BCUT2D eigenvalue weighted by Gasteiger charge is -2.21. The summed E-state index contributed by atoms with van der Waals surface area (Å²) in [7, 11) is 5.42. The molecule has 38 heavy (non-hydrogen) atoms. The van der Waals surface area contributed by atoms with Crippen molar-refractivity contribution in [1.29, 1.82) is 0 Å². The Morgan fingerprint density at radius 1 is 1.00 bits per heavy atom. The minimum Gasteiger partial charge on any atom is -0.462 e. The molecule has 0 radical (unpaired) electrons. The second-order valence-electron chi connectivity index (χ2n) is 9.13. The van der Waals surface area contributed by atoms with Gasteiger partial charge >= 0.3 is 5.97 Å². The molecule has 1 N–H and O–H groups in total. The number of esters is 1. The van der Waals surface area contributed by atoms with Crippen LogP contribution >= 0.6 is 15.9 Å². The van der Waals surface area contributed by atoms with Crippen LogP contribution in [0.3, 0.4) is 0 Å². The number of rotatable bonds is 8. The molecule has 1 atom stereocenters. The number of aliphatic imine (C=N–C) groups is 1. The first-order valence-corrected chi connectivity index (χ1v) is 13.0. The molecule has 9 heteroatoms. The van der Waals surface area contributed by atoms with Crippen molar-refractivity contribution in [2.45, 2.75) is 12.8 Å². The number of carbonyl (C=O) groups excluding carboxylic acids is 3. The van der Waals surface area contributed by atoms with E-state index in [1.807, 2.05) is 67.5 Å². The number of hydrogen-bond donors (Lipinski definition) is 1. The number of anilines is 2. The molecule has 1 aliphatic rings. The first-order chi connectivity index (χ1) is 18.2. The molecule has 0 bridgehead atoms. The number of benzene rings is 3. The van der Waals surface area contributed by atoms with E-state index in [1.54, 1.807) is 37.1 Å². The van der Waals surface area contributed by atoms with Gasteiger partial charge in [-0.05, 0) is 78.4 Å². The van der Waals surface area contributed by atoms with Gasteiger partial charge in [0.2, 0.25) is 11.8 Å². The van der Waals surface area contributed by atoms with Crippen LogP contribution in [-0.4, -0.2) is 62.7 Å². The van der Waals surface area contributed by atoms with Gasteiger partial charge in [-0.15, -0.1) is 0 Å². The van der Waals surface area contributed by atoms with Gasteiger partial charge in [0.05, 0.1) is 35.8 Å². The summed E-state index contributed by atoms with van der Waals surface area (Å²) in [5, 5.41) is 2.90. The molecule has 1 heterocycles. The Bertz CT molecular complexity index is 1400. The highest BCUT2D eigenvalue weighted by molar-refractivity contribution is 9.10. The molecule has 0 fully saturated rings. The number of fused-ring (bicyclic) bond motifs is 1. The van der Waals surface area contributed by atoms with E-state index in [4.69, 9.17) is 9.73 Å². The van der Waals surface area contributed by atoms with Gasteiger partial charge in [0.15, 0.2) is 0 Å². The Morgan fingerprint density at radius 3 is 2.39 bits per heavy atom. The molecule has 0 aromatic heterocycles. The lowest BCUT2D eigenvalue weighted by molar-refractivity contribution is -0.119. The molecule has 2 amide bonds. The predicted octanol–water partition coefficient (Wildman–Crippen LogP) is 5.01. The molecule has 196 valence electrons. The highest BCUT2D eigenvalue weighted by Gasteiger charge is 2.36. The SMILES string of the molecule is CCOC(=O)c1ccc2c(c1)NC(=O)C2C(=Nc1ccc(N(C)C(=O)CN(C)C)c(Br)c1)c1ccccc1. The van der Waals surface area contributed by atoms with Crippen molar-refractivity contribution in [2.24, 2.45) is 4.99 Å². The van der Waals surface area contributed by atoms with E-state index in [9.17, 15) is 14.4 Å². The molecule has 0 spiro atoms. The van der Waals surface area contributed by atoms with Crippen molar-refractivity contribution in [1.82, 2.24) is 4.90 Å². The number of amides is 2. The van der Waals surface area contributed by atoms with Gasteiger partial charge in [-0.25, -0.2) is 4.79 Å². The fourth-order valence-corrected chi connectivity index (χ4v) is 4.90. The lowest BCUT2D eigenvalue weighted by atomic mass is 9.90. The zero-order valence-corrected chi connectivity index (χ0v) is 23.3. The normalized spacial score (nSPS) is 14.7. The average molecular weight is 577 g/mol. The van der Waals surface area contributed by atoms with E-state index in [0.29, 0.717) is 32.8 Å². The Hall–Kier alpha value is -3.82. The zero-order valence-electron chi connectivity index (χ0n) is 21.7. The third-order valence-electron chi connectivity index (χ3n) is 6.11. The molecule has 1 unspecified atom stereocenters. The number of nitrogens with zero attached hydrogens (tertiary/aromatic N) is 3. The van der Waals surface area contributed by atoms with Crippen LogP contribution in [0.15, 0.2) is 76.2 Å². The van der Waals surface area contributed by atoms with E-state index in [0.717, 1.165) is 11.1 Å². The van der Waals surface area contributed by atoms with Gasteiger partial charge in [-0.1, -0.05) is 36.4 Å². The largest absolute Gasteiger partial charge is 0.462 e. The van der Waals surface area contributed by atoms with Crippen molar-refractivity contribution < 1.29 is 19.1 Å². The monoisotopic (exact) mass is 576 g/mol. The molecule has 3 aromatic rings. The van der Waals surface area contributed by atoms with Crippen LogP contribution < -0.4 is 10.2 Å². The van der Waals surface area contributed by atoms with E-state index in [-0.39, 0.29) is 25.0 Å². The van der Waals surface area contributed by atoms with Crippen molar-refractivity contribution in [3.05, 3.63) is 87.9 Å². The van der Waals surface area contributed by atoms with E-state index < -0.39 is 11.9 Å². The predicted molar refractivity (Wildman–Crippen MR) is 153 cm³/mol. The standard InChI is InChI=1S/C29H29BrN4O4/c1-5-38-29(37)19-11-13-21-23(15-19)32-28(36)26(21)27(18-9-7-6-8-10-18)31-20-12-14-24(22(30)16-20)34(4)25(35)17-33(2)3/h6-16,26H,5,17H2,1-4H3,(H,32,36). The second-order valence-corrected chi connectivity index (χ2v) is 9.99. The first kappa shape index (κ1) is 27.2. The summed E-state index contributed by atoms with van der Waals surface area (Å²) in [5.41, 5.74) is 4.38. The summed E-state index contributed by atoms with van der Waals surface area (Å²) in [6.07, 6.45) is 0. The quantitative estimate of drug-likeness (QED) is 0.301. The summed E-state index contributed by atoms with van der Waals surface area (Å²) in [5.74, 6) is -1.39. The van der Waals surface area contributed by atoms with Crippen molar-refractivity contribution in [2.75, 3.05) is 44.5 Å². The molecule has 3 aromatic carbocycles. The van der Waals surface area contributed by atoms with Crippen molar-refractivity contribution in [3.8, 4) is 0 Å². The fraction of sp³-hybridized carbons (Fsp3) is 0.241. The van der Waals surface area contributed by atoms with Gasteiger partial charge in [-0.2, -0.15) is 0 Å². The minimum atomic E-state index is -0.675. The summed E-state index contributed by atoms with van der Waals surface area (Å²) in [6, 6.07) is 20.1. The van der Waals surface area contributed by atoms with Gasteiger partial charge in [0.25, 0.3) is 0 Å². The number of halogens is 1. The molecule has 0 saturated carbocycles. The third-order valence-corrected chi connectivity index (χ3v) is 6.74. The molecular weight excluding hydrogens is 548 g/mol. The molecule has 4 rings (SSSR count).